The fraction of sp³-hybridized carbons (Fsp3) is 0.389. The average Bonchev–Trinajstić information content (AvgIpc) is 3.02. The molecule has 0 bridgehead atoms. The number of Topliss-reactive ketones (excluding diaryl/α,β-unsaturated/α-hetero) is 1. The van der Waals surface area contributed by atoms with Gasteiger partial charge in [0.05, 0.1) is 4.92 Å². The second-order valence-corrected chi connectivity index (χ2v) is 8.03. The van der Waals surface area contributed by atoms with Crippen LogP contribution in [0.5, 0.6) is 0 Å². The lowest BCUT2D eigenvalue weighted by Gasteiger charge is -2.34. The van der Waals surface area contributed by atoms with Crippen LogP contribution in [0.2, 0.25) is 0 Å². The standard InChI is InChI=1S/C18H19N5O3S/c1-3-27-18-20-17-19-13-8-10(2)9-14(24)15(13)16(22(17)21-18)11-4-6-12(7-5-11)23(25)26/h4-7,10,16H,3,8-9H2,1-2H3,(H,19,20,21)/t10-,16-/m0/s1. The van der Waals surface area contributed by atoms with Crippen molar-refractivity contribution < 1.29 is 9.72 Å². The first kappa shape index (κ1) is 17.7. The highest BCUT2D eigenvalue weighted by atomic mass is 32.2. The highest BCUT2D eigenvalue weighted by Gasteiger charge is 2.38. The molecule has 1 aliphatic carbocycles. The van der Waals surface area contributed by atoms with Gasteiger partial charge in [0.2, 0.25) is 11.1 Å². The second kappa shape index (κ2) is 6.80. The Morgan fingerprint density at radius 3 is 2.74 bits per heavy atom. The molecule has 9 heteroatoms. The number of nitro groups is 1. The number of nitro benzene ring substituents is 1. The number of ketones is 1. The van der Waals surface area contributed by atoms with Crippen LogP contribution in [0.15, 0.2) is 40.7 Å². The lowest BCUT2D eigenvalue weighted by atomic mass is 9.81. The summed E-state index contributed by atoms with van der Waals surface area (Å²) in [7, 11) is 0. The Morgan fingerprint density at radius 2 is 2.07 bits per heavy atom. The molecular weight excluding hydrogens is 366 g/mol. The summed E-state index contributed by atoms with van der Waals surface area (Å²) >= 11 is 1.53. The first-order chi connectivity index (χ1) is 13.0. The third-order valence-corrected chi connectivity index (χ3v) is 5.52. The summed E-state index contributed by atoms with van der Waals surface area (Å²) in [5.74, 6) is 1.80. The Balaban J connectivity index is 1.84. The van der Waals surface area contributed by atoms with Crippen LogP contribution in [0, 0.1) is 16.0 Å². The van der Waals surface area contributed by atoms with E-state index in [-0.39, 0.29) is 17.4 Å². The number of allylic oxidation sites excluding steroid dienone is 2. The molecule has 140 valence electrons. The molecule has 0 amide bonds. The van der Waals surface area contributed by atoms with Gasteiger partial charge >= 0.3 is 0 Å². The summed E-state index contributed by atoms with van der Waals surface area (Å²) in [6, 6.07) is 5.90. The van der Waals surface area contributed by atoms with Crippen molar-refractivity contribution in [3.05, 3.63) is 51.2 Å². The quantitative estimate of drug-likeness (QED) is 0.487. The number of carbonyl (C=O) groups is 1. The SMILES string of the molecule is CCSc1nc2n(n1)[C@@H](c1ccc([N+](=O)[O-])cc1)C1=C(C[C@H](C)CC1=O)N2. The van der Waals surface area contributed by atoms with Crippen molar-refractivity contribution in [3.8, 4) is 0 Å². The maximum atomic E-state index is 12.9. The smallest absolute Gasteiger partial charge is 0.269 e. The molecule has 1 aromatic heterocycles. The van der Waals surface area contributed by atoms with E-state index in [1.807, 2.05) is 6.92 Å². The number of nitrogens with one attached hydrogen (secondary N) is 1. The van der Waals surface area contributed by atoms with Gasteiger partial charge in [-0.1, -0.05) is 25.6 Å². The molecule has 0 saturated carbocycles. The predicted molar refractivity (Wildman–Crippen MR) is 102 cm³/mol. The number of rotatable bonds is 4. The first-order valence-electron chi connectivity index (χ1n) is 8.85. The molecule has 0 radical (unpaired) electrons. The van der Waals surface area contributed by atoms with Gasteiger partial charge in [0, 0.05) is 29.8 Å². The molecule has 8 nitrogen and oxygen atoms in total. The normalized spacial score (nSPS) is 21.5. The second-order valence-electron chi connectivity index (χ2n) is 6.80. The van der Waals surface area contributed by atoms with Crippen LogP contribution in [0.25, 0.3) is 0 Å². The van der Waals surface area contributed by atoms with Gasteiger partial charge < -0.3 is 5.32 Å². The molecule has 0 fully saturated rings. The topological polar surface area (TPSA) is 103 Å². The largest absolute Gasteiger partial charge is 0.328 e. The summed E-state index contributed by atoms with van der Waals surface area (Å²) in [5.41, 5.74) is 2.38. The van der Waals surface area contributed by atoms with E-state index in [4.69, 9.17) is 0 Å². The molecule has 1 aliphatic heterocycles. The Kier molecular flexibility index (Phi) is 4.47. The van der Waals surface area contributed by atoms with Crippen LogP contribution in [0.3, 0.4) is 0 Å². The number of fused-ring (bicyclic) bond motifs is 1. The number of thioether (sulfide) groups is 1. The van der Waals surface area contributed by atoms with Crippen LogP contribution < -0.4 is 5.32 Å². The number of hydrogen-bond acceptors (Lipinski definition) is 7. The third-order valence-electron chi connectivity index (χ3n) is 4.80. The first-order valence-corrected chi connectivity index (χ1v) is 9.83. The van der Waals surface area contributed by atoms with Gasteiger partial charge in [-0.05, 0) is 35.8 Å². The highest BCUT2D eigenvalue weighted by Crippen LogP contribution is 2.42. The predicted octanol–water partition coefficient (Wildman–Crippen LogP) is 3.57. The molecule has 0 saturated heterocycles. The van der Waals surface area contributed by atoms with Crippen molar-refractivity contribution in [1.29, 1.82) is 0 Å². The molecule has 2 atom stereocenters. The number of non-ortho nitro benzene ring substituents is 1. The van der Waals surface area contributed by atoms with E-state index in [1.165, 1.54) is 23.9 Å². The van der Waals surface area contributed by atoms with Crippen molar-refractivity contribution in [2.24, 2.45) is 5.92 Å². The molecule has 2 heterocycles. The minimum Gasteiger partial charge on any atom is -0.328 e. The minimum atomic E-state index is -0.429. The molecule has 2 aromatic rings. The molecule has 0 unspecified atom stereocenters. The summed E-state index contributed by atoms with van der Waals surface area (Å²) < 4.78 is 1.73. The molecule has 27 heavy (non-hydrogen) atoms. The van der Waals surface area contributed by atoms with Crippen molar-refractivity contribution >= 4 is 29.2 Å². The lowest BCUT2D eigenvalue weighted by Crippen LogP contribution is -2.33. The maximum absolute atomic E-state index is 12.9. The number of nitrogens with zero attached hydrogens (tertiary/aromatic N) is 4. The minimum absolute atomic E-state index is 0.0199. The van der Waals surface area contributed by atoms with Crippen molar-refractivity contribution in [1.82, 2.24) is 14.8 Å². The van der Waals surface area contributed by atoms with Gasteiger partial charge in [0.1, 0.15) is 6.04 Å². The number of anilines is 1. The van der Waals surface area contributed by atoms with Crippen LogP contribution in [0.1, 0.15) is 38.3 Å². The van der Waals surface area contributed by atoms with Gasteiger partial charge in [-0.3, -0.25) is 14.9 Å². The van der Waals surface area contributed by atoms with Crippen LogP contribution in [0.4, 0.5) is 11.6 Å². The van der Waals surface area contributed by atoms with E-state index in [1.54, 1.807) is 16.8 Å². The van der Waals surface area contributed by atoms with Crippen molar-refractivity contribution in [2.75, 3.05) is 11.1 Å². The highest BCUT2D eigenvalue weighted by molar-refractivity contribution is 7.99. The van der Waals surface area contributed by atoms with Gasteiger partial charge in [-0.15, -0.1) is 5.10 Å². The summed E-state index contributed by atoms with van der Waals surface area (Å²) in [6.45, 7) is 4.09. The molecule has 0 spiro atoms. The zero-order valence-corrected chi connectivity index (χ0v) is 15.8. The maximum Gasteiger partial charge on any atom is 0.269 e. The summed E-state index contributed by atoms with van der Waals surface area (Å²) in [4.78, 5) is 28.0. The Labute approximate surface area is 160 Å². The Morgan fingerprint density at radius 1 is 1.33 bits per heavy atom. The zero-order chi connectivity index (χ0) is 19.1. The lowest BCUT2D eigenvalue weighted by molar-refractivity contribution is -0.384. The fourth-order valence-electron chi connectivity index (χ4n) is 3.66. The van der Waals surface area contributed by atoms with Crippen LogP contribution in [-0.2, 0) is 4.79 Å². The Hall–Kier alpha value is -2.68. The Bertz CT molecular complexity index is 950. The summed E-state index contributed by atoms with van der Waals surface area (Å²) in [6.07, 6.45) is 1.26. The van der Waals surface area contributed by atoms with Crippen LogP contribution >= 0.6 is 11.8 Å². The van der Waals surface area contributed by atoms with E-state index < -0.39 is 11.0 Å². The average molecular weight is 385 g/mol. The van der Waals surface area contributed by atoms with Gasteiger partial charge in [0.15, 0.2) is 5.78 Å². The van der Waals surface area contributed by atoms with Gasteiger partial charge in [0.25, 0.3) is 5.69 Å². The number of benzene rings is 1. The molecule has 4 rings (SSSR count). The number of aromatic nitrogens is 3. The van der Waals surface area contributed by atoms with E-state index in [0.717, 1.165) is 23.4 Å². The van der Waals surface area contributed by atoms with E-state index in [9.17, 15) is 14.9 Å². The summed E-state index contributed by atoms with van der Waals surface area (Å²) in [5, 5.41) is 19.5. The van der Waals surface area contributed by atoms with E-state index in [0.29, 0.717) is 23.1 Å². The van der Waals surface area contributed by atoms with Gasteiger partial charge in [-0.2, -0.15) is 4.98 Å². The zero-order valence-electron chi connectivity index (χ0n) is 15.0. The molecule has 1 N–H and O–H groups in total. The molecule has 1 aromatic carbocycles. The van der Waals surface area contributed by atoms with Crippen molar-refractivity contribution in [3.63, 3.8) is 0 Å². The van der Waals surface area contributed by atoms with Gasteiger partial charge in [-0.25, -0.2) is 4.68 Å². The third kappa shape index (κ3) is 3.12. The molecular formula is C18H19N5O3S. The van der Waals surface area contributed by atoms with Crippen LogP contribution in [-0.4, -0.2) is 31.2 Å². The monoisotopic (exact) mass is 385 g/mol. The molecule has 2 aliphatic rings. The number of carbonyl (C=O) groups excluding carboxylic acids is 1. The van der Waals surface area contributed by atoms with Crippen molar-refractivity contribution in [2.45, 2.75) is 37.9 Å². The van der Waals surface area contributed by atoms with E-state index >= 15 is 0 Å². The van der Waals surface area contributed by atoms with E-state index in [2.05, 4.69) is 22.3 Å². The fourth-order valence-corrected chi connectivity index (χ4v) is 4.22. The number of hydrogen-bond donors (Lipinski definition) is 1.